The van der Waals surface area contributed by atoms with E-state index in [1.54, 1.807) is 12.1 Å². The molecule has 0 aliphatic rings. The van der Waals surface area contributed by atoms with Crippen molar-refractivity contribution in [1.82, 2.24) is 5.43 Å². The summed E-state index contributed by atoms with van der Waals surface area (Å²) < 4.78 is 0. The van der Waals surface area contributed by atoms with Gasteiger partial charge in [0, 0.05) is 17.3 Å². The summed E-state index contributed by atoms with van der Waals surface area (Å²) in [5, 5.41) is 3.75. The number of nitrogens with zero attached hydrogens (tertiary/aromatic N) is 1. The Balaban J connectivity index is 2.62. The lowest BCUT2D eigenvalue weighted by atomic mass is 10.3. The minimum atomic E-state index is 0.555. The lowest BCUT2D eigenvalue weighted by Gasteiger charge is -2.08. The first-order valence-electron chi connectivity index (χ1n) is 4.80. The van der Waals surface area contributed by atoms with Gasteiger partial charge in [-0.2, -0.15) is 0 Å². The zero-order valence-electron chi connectivity index (χ0n) is 8.63. The Hall–Kier alpha value is -1.26. The SMILES string of the molecule is CCCN=C(NN)Nc1ccc(Cl)cc1. The van der Waals surface area contributed by atoms with Gasteiger partial charge in [-0.05, 0) is 30.7 Å². The van der Waals surface area contributed by atoms with Gasteiger partial charge in [0.1, 0.15) is 0 Å². The highest BCUT2D eigenvalue weighted by atomic mass is 35.5. The fourth-order valence-electron chi connectivity index (χ4n) is 1.01. The van der Waals surface area contributed by atoms with Crippen molar-refractivity contribution in [3.63, 3.8) is 0 Å². The molecule has 4 N–H and O–H groups in total. The number of hydrogen-bond acceptors (Lipinski definition) is 2. The van der Waals surface area contributed by atoms with Crippen molar-refractivity contribution in [2.24, 2.45) is 10.8 Å². The molecule has 1 aromatic rings. The van der Waals surface area contributed by atoms with Crippen molar-refractivity contribution in [1.29, 1.82) is 0 Å². The van der Waals surface area contributed by atoms with E-state index in [-0.39, 0.29) is 0 Å². The van der Waals surface area contributed by atoms with Crippen LogP contribution in [0.15, 0.2) is 29.3 Å². The van der Waals surface area contributed by atoms with Crippen LogP contribution in [0.4, 0.5) is 5.69 Å². The fourth-order valence-corrected chi connectivity index (χ4v) is 1.14. The number of halogens is 1. The van der Waals surface area contributed by atoms with Crippen LogP contribution in [0.2, 0.25) is 5.02 Å². The van der Waals surface area contributed by atoms with Crippen LogP contribution < -0.4 is 16.6 Å². The van der Waals surface area contributed by atoms with Crippen molar-refractivity contribution < 1.29 is 0 Å². The largest absolute Gasteiger partial charge is 0.325 e. The molecular formula is C10H15ClN4. The number of hydrogen-bond donors (Lipinski definition) is 3. The highest BCUT2D eigenvalue weighted by Crippen LogP contribution is 2.12. The van der Waals surface area contributed by atoms with E-state index in [0.29, 0.717) is 11.0 Å². The van der Waals surface area contributed by atoms with E-state index in [0.717, 1.165) is 18.7 Å². The summed E-state index contributed by atoms with van der Waals surface area (Å²) in [6.07, 6.45) is 0.980. The molecule has 0 atom stereocenters. The number of anilines is 1. The van der Waals surface area contributed by atoms with Crippen molar-refractivity contribution in [2.45, 2.75) is 13.3 Å². The Morgan fingerprint density at radius 1 is 1.40 bits per heavy atom. The molecule has 1 aromatic carbocycles. The molecule has 0 heterocycles. The molecule has 0 fully saturated rings. The highest BCUT2D eigenvalue weighted by molar-refractivity contribution is 6.30. The van der Waals surface area contributed by atoms with Crippen LogP contribution >= 0.6 is 11.6 Å². The smallest absolute Gasteiger partial charge is 0.210 e. The van der Waals surface area contributed by atoms with Crippen LogP contribution in [-0.2, 0) is 0 Å². The third-order valence-corrected chi connectivity index (χ3v) is 1.99. The third kappa shape index (κ3) is 4.18. The first-order chi connectivity index (χ1) is 7.26. The predicted octanol–water partition coefficient (Wildman–Crippen LogP) is 1.98. The van der Waals surface area contributed by atoms with Crippen LogP contribution in [0.25, 0.3) is 0 Å². The Bertz CT molecular complexity index is 321. The second-order valence-corrected chi connectivity index (χ2v) is 3.44. The predicted molar refractivity (Wildman–Crippen MR) is 65.0 cm³/mol. The summed E-state index contributed by atoms with van der Waals surface area (Å²) in [5.74, 6) is 5.88. The van der Waals surface area contributed by atoms with Gasteiger partial charge in [0.05, 0.1) is 0 Å². The summed E-state index contributed by atoms with van der Waals surface area (Å²) in [7, 11) is 0. The third-order valence-electron chi connectivity index (χ3n) is 1.74. The fraction of sp³-hybridized carbons (Fsp3) is 0.300. The van der Waals surface area contributed by atoms with E-state index < -0.39 is 0 Å². The van der Waals surface area contributed by atoms with Gasteiger partial charge in [-0.1, -0.05) is 18.5 Å². The molecule has 1 rings (SSSR count). The number of aliphatic imine (C=N–C) groups is 1. The van der Waals surface area contributed by atoms with E-state index >= 15 is 0 Å². The van der Waals surface area contributed by atoms with Gasteiger partial charge in [0.25, 0.3) is 0 Å². The van der Waals surface area contributed by atoms with Crippen LogP contribution in [0, 0.1) is 0 Å². The van der Waals surface area contributed by atoms with E-state index in [9.17, 15) is 0 Å². The zero-order chi connectivity index (χ0) is 11.1. The van der Waals surface area contributed by atoms with E-state index in [1.807, 2.05) is 12.1 Å². The summed E-state index contributed by atoms with van der Waals surface area (Å²) in [4.78, 5) is 4.21. The van der Waals surface area contributed by atoms with Gasteiger partial charge in [-0.15, -0.1) is 0 Å². The Morgan fingerprint density at radius 2 is 2.07 bits per heavy atom. The van der Waals surface area contributed by atoms with Crippen LogP contribution in [0.5, 0.6) is 0 Å². The van der Waals surface area contributed by atoms with Gasteiger partial charge in [-0.3, -0.25) is 10.4 Å². The number of nitrogens with one attached hydrogen (secondary N) is 2. The van der Waals surface area contributed by atoms with Crippen LogP contribution in [-0.4, -0.2) is 12.5 Å². The minimum Gasteiger partial charge on any atom is -0.325 e. The molecule has 0 saturated carbocycles. The minimum absolute atomic E-state index is 0.555. The van der Waals surface area contributed by atoms with Gasteiger partial charge in [0.2, 0.25) is 5.96 Å². The maximum absolute atomic E-state index is 5.77. The number of rotatable bonds is 3. The molecule has 0 unspecified atom stereocenters. The second kappa shape index (κ2) is 6.27. The van der Waals surface area contributed by atoms with E-state index in [2.05, 4.69) is 22.7 Å². The van der Waals surface area contributed by atoms with Crippen molar-refractivity contribution in [2.75, 3.05) is 11.9 Å². The van der Waals surface area contributed by atoms with E-state index in [4.69, 9.17) is 17.4 Å². The van der Waals surface area contributed by atoms with Gasteiger partial charge < -0.3 is 5.32 Å². The molecule has 0 amide bonds. The highest BCUT2D eigenvalue weighted by Gasteiger charge is 1.96. The topological polar surface area (TPSA) is 62.4 Å². The average Bonchev–Trinajstić information content (AvgIpc) is 2.27. The van der Waals surface area contributed by atoms with Crippen LogP contribution in [0.3, 0.4) is 0 Å². The number of hydrazine groups is 1. The maximum atomic E-state index is 5.77. The normalized spacial score (nSPS) is 11.3. The Morgan fingerprint density at radius 3 is 2.60 bits per heavy atom. The summed E-state index contributed by atoms with van der Waals surface area (Å²) in [6, 6.07) is 7.33. The number of nitrogens with two attached hydrogens (primary N) is 1. The van der Waals surface area contributed by atoms with E-state index in [1.165, 1.54) is 0 Å². The maximum Gasteiger partial charge on any atom is 0.210 e. The van der Waals surface area contributed by atoms with Crippen LogP contribution in [0.1, 0.15) is 13.3 Å². The molecule has 0 radical (unpaired) electrons. The zero-order valence-corrected chi connectivity index (χ0v) is 9.38. The first-order valence-corrected chi connectivity index (χ1v) is 5.17. The molecule has 4 nitrogen and oxygen atoms in total. The van der Waals surface area contributed by atoms with Crippen molar-refractivity contribution in [3.05, 3.63) is 29.3 Å². The quantitative estimate of drug-likeness (QED) is 0.320. The van der Waals surface area contributed by atoms with Gasteiger partial charge >= 0.3 is 0 Å². The van der Waals surface area contributed by atoms with Gasteiger partial charge in [-0.25, -0.2) is 5.84 Å². The molecule has 0 aliphatic heterocycles. The second-order valence-electron chi connectivity index (χ2n) is 3.01. The molecular weight excluding hydrogens is 212 g/mol. The molecule has 0 aliphatic carbocycles. The first kappa shape index (κ1) is 11.8. The average molecular weight is 227 g/mol. The molecule has 0 spiro atoms. The summed E-state index contributed by atoms with van der Waals surface area (Å²) >= 11 is 5.77. The number of guanidine groups is 1. The summed E-state index contributed by atoms with van der Waals surface area (Å²) in [6.45, 7) is 2.79. The molecule has 0 aromatic heterocycles. The molecule has 82 valence electrons. The summed E-state index contributed by atoms with van der Waals surface area (Å²) in [5.41, 5.74) is 3.40. The van der Waals surface area contributed by atoms with Gasteiger partial charge in [0.15, 0.2) is 0 Å². The lowest BCUT2D eigenvalue weighted by molar-refractivity contribution is 0.905. The Kier molecular flexibility index (Phi) is 4.93. The Labute approximate surface area is 94.5 Å². The number of benzene rings is 1. The monoisotopic (exact) mass is 226 g/mol. The molecule has 0 saturated heterocycles. The standard InChI is InChI=1S/C10H15ClN4/c1-2-7-13-10(15-12)14-9-5-3-8(11)4-6-9/h3-6H,2,7,12H2,1H3,(H2,13,14,15). The van der Waals surface area contributed by atoms with Crippen molar-refractivity contribution in [3.8, 4) is 0 Å². The molecule has 15 heavy (non-hydrogen) atoms. The van der Waals surface area contributed by atoms with Crippen molar-refractivity contribution >= 4 is 23.2 Å². The molecule has 5 heteroatoms. The molecule has 0 bridgehead atoms. The lowest BCUT2D eigenvalue weighted by Crippen LogP contribution is -2.36.